The Morgan fingerprint density at radius 1 is 1.19 bits per heavy atom. The zero-order valence-corrected chi connectivity index (χ0v) is 18.4. The number of Topliss-reactive ketones (excluding diaryl/α,β-unsaturated/α-hetero) is 1. The molecule has 1 unspecified atom stereocenters. The van der Waals surface area contributed by atoms with Crippen molar-refractivity contribution >= 4 is 23.0 Å². The van der Waals surface area contributed by atoms with Crippen LogP contribution in [0.3, 0.4) is 0 Å². The van der Waals surface area contributed by atoms with E-state index >= 15 is 0 Å². The maximum atomic E-state index is 13.5. The Balaban J connectivity index is 1.87. The molecule has 0 bridgehead atoms. The first-order valence-corrected chi connectivity index (χ1v) is 10.6. The molecule has 1 aliphatic heterocycles. The Hall–Kier alpha value is -3.39. The Morgan fingerprint density at radius 3 is 2.42 bits per heavy atom. The molecule has 0 radical (unpaired) electrons. The summed E-state index contributed by atoms with van der Waals surface area (Å²) in [7, 11) is 0. The number of rotatable bonds is 5. The van der Waals surface area contributed by atoms with Gasteiger partial charge in [-0.15, -0.1) is 11.3 Å². The number of furan rings is 1. The molecular formula is C23H22N2O5S. The lowest BCUT2D eigenvalue weighted by molar-refractivity contribution is -0.130. The van der Waals surface area contributed by atoms with Crippen molar-refractivity contribution in [2.45, 2.75) is 40.3 Å². The number of hydrogen-bond acceptors (Lipinski definition) is 7. The van der Waals surface area contributed by atoms with Crippen molar-refractivity contribution in [3.8, 4) is 5.75 Å². The quantitative estimate of drug-likeness (QED) is 0.570. The van der Waals surface area contributed by atoms with Crippen LogP contribution in [0, 0.1) is 27.7 Å². The first-order chi connectivity index (χ1) is 14.7. The van der Waals surface area contributed by atoms with Crippen LogP contribution in [0.4, 0.5) is 0 Å². The molecule has 1 aliphatic rings. The lowest BCUT2D eigenvalue weighted by Crippen LogP contribution is -2.30. The van der Waals surface area contributed by atoms with Crippen LogP contribution in [0.5, 0.6) is 5.75 Å². The summed E-state index contributed by atoms with van der Waals surface area (Å²) in [6.45, 7) is 7.12. The summed E-state index contributed by atoms with van der Waals surface area (Å²) < 4.78 is 5.41. The molecule has 0 spiro atoms. The number of phenolic OH excluding ortho intramolecular Hbond substituents is 1. The summed E-state index contributed by atoms with van der Waals surface area (Å²) in [4.78, 5) is 32.7. The second-order valence-electron chi connectivity index (χ2n) is 7.66. The second-order valence-corrected chi connectivity index (χ2v) is 8.86. The minimum absolute atomic E-state index is 0.00722. The molecule has 0 fully saturated rings. The highest BCUT2D eigenvalue weighted by molar-refractivity contribution is 7.14. The zero-order valence-electron chi connectivity index (χ0n) is 17.6. The second kappa shape index (κ2) is 7.70. The van der Waals surface area contributed by atoms with Gasteiger partial charge in [0.2, 0.25) is 5.78 Å². The molecule has 2 N–H and O–H groups in total. The molecule has 8 heteroatoms. The van der Waals surface area contributed by atoms with E-state index in [-0.39, 0.29) is 17.9 Å². The van der Waals surface area contributed by atoms with Gasteiger partial charge >= 0.3 is 0 Å². The number of ketones is 1. The molecule has 31 heavy (non-hydrogen) atoms. The van der Waals surface area contributed by atoms with Crippen molar-refractivity contribution in [3.63, 3.8) is 0 Å². The van der Waals surface area contributed by atoms with E-state index in [0.717, 1.165) is 5.01 Å². The summed E-state index contributed by atoms with van der Waals surface area (Å²) in [5.74, 6) is -0.968. The largest absolute Gasteiger partial charge is 0.507 e. The maximum Gasteiger partial charge on any atom is 0.290 e. The number of nitrogens with zero attached hydrogens (tertiary/aromatic N) is 2. The lowest BCUT2D eigenvalue weighted by Gasteiger charge is -2.27. The third-order valence-electron chi connectivity index (χ3n) is 5.39. The molecule has 1 atom stereocenters. The molecule has 7 nitrogen and oxygen atoms in total. The van der Waals surface area contributed by atoms with E-state index in [0.29, 0.717) is 33.0 Å². The number of amides is 1. The lowest BCUT2D eigenvalue weighted by atomic mass is 9.92. The van der Waals surface area contributed by atoms with E-state index in [2.05, 4.69) is 4.98 Å². The SMILES string of the molecule is Cc1nc(C)c(C(=O)C2=C(O)C(=O)N(Cc3ccco3)C2c2cc(C)c(O)c(C)c2)s1. The normalized spacial score (nSPS) is 16.5. The molecule has 3 aromatic rings. The third-order valence-corrected chi connectivity index (χ3v) is 6.47. The number of hydrogen-bond donors (Lipinski definition) is 2. The summed E-state index contributed by atoms with van der Waals surface area (Å²) >= 11 is 1.23. The van der Waals surface area contributed by atoms with Crippen LogP contribution in [0.25, 0.3) is 0 Å². The smallest absolute Gasteiger partial charge is 0.290 e. The number of carbonyl (C=O) groups is 2. The van der Waals surface area contributed by atoms with Gasteiger partial charge in [-0.2, -0.15) is 0 Å². The highest BCUT2D eigenvalue weighted by Crippen LogP contribution is 2.42. The summed E-state index contributed by atoms with van der Waals surface area (Å²) in [5, 5.41) is 21.7. The van der Waals surface area contributed by atoms with Crippen molar-refractivity contribution < 1.29 is 24.2 Å². The predicted molar refractivity (Wildman–Crippen MR) is 115 cm³/mol. The number of phenols is 1. The van der Waals surface area contributed by atoms with E-state index in [1.54, 1.807) is 52.0 Å². The van der Waals surface area contributed by atoms with Gasteiger partial charge in [0.25, 0.3) is 5.91 Å². The average molecular weight is 439 g/mol. The molecule has 4 rings (SSSR count). The molecule has 1 aromatic carbocycles. The van der Waals surface area contributed by atoms with Crippen molar-refractivity contribution in [2.24, 2.45) is 0 Å². The maximum absolute atomic E-state index is 13.5. The summed E-state index contributed by atoms with van der Waals surface area (Å²) in [6, 6.07) is 6.07. The number of benzene rings is 1. The minimum Gasteiger partial charge on any atom is -0.507 e. The third kappa shape index (κ3) is 3.53. The average Bonchev–Trinajstić information content (AvgIpc) is 3.40. The number of aryl methyl sites for hydroxylation is 4. The van der Waals surface area contributed by atoms with Crippen molar-refractivity contribution in [1.82, 2.24) is 9.88 Å². The van der Waals surface area contributed by atoms with Crippen LogP contribution >= 0.6 is 11.3 Å². The Bertz CT molecular complexity index is 1200. The molecule has 0 aliphatic carbocycles. The van der Waals surface area contributed by atoms with Crippen LogP contribution in [0.15, 0.2) is 46.3 Å². The van der Waals surface area contributed by atoms with Crippen molar-refractivity contribution in [2.75, 3.05) is 0 Å². The highest BCUT2D eigenvalue weighted by Gasteiger charge is 2.45. The fourth-order valence-corrected chi connectivity index (χ4v) is 4.85. The van der Waals surface area contributed by atoms with E-state index < -0.39 is 23.5 Å². The van der Waals surface area contributed by atoms with Gasteiger partial charge in [-0.05, 0) is 68.7 Å². The van der Waals surface area contributed by atoms with Crippen LogP contribution in [-0.4, -0.2) is 31.8 Å². The Kier molecular flexibility index (Phi) is 5.18. The van der Waals surface area contributed by atoms with Crippen LogP contribution in [-0.2, 0) is 11.3 Å². The Morgan fingerprint density at radius 2 is 1.87 bits per heavy atom. The van der Waals surface area contributed by atoms with Gasteiger partial charge in [0, 0.05) is 0 Å². The molecule has 160 valence electrons. The number of aromatic hydroxyl groups is 1. The highest BCUT2D eigenvalue weighted by atomic mass is 32.1. The molecule has 0 saturated carbocycles. The number of aliphatic hydroxyl groups is 1. The number of carbonyl (C=O) groups excluding carboxylic acids is 2. The van der Waals surface area contributed by atoms with Gasteiger partial charge in [0.15, 0.2) is 5.76 Å². The Labute approximate surface area is 183 Å². The van der Waals surface area contributed by atoms with Crippen molar-refractivity contribution in [1.29, 1.82) is 0 Å². The monoisotopic (exact) mass is 438 g/mol. The van der Waals surface area contributed by atoms with Gasteiger partial charge in [-0.1, -0.05) is 0 Å². The molecule has 0 saturated heterocycles. The van der Waals surface area contributed by atoms with Crippen LogP contribution in [0.1, 0.15) is 48.9 Å². The topological polar surface area (TPSA) is 104 Å². The molecule has 1 amide bonds. The fraction of sp³-hybridized carbons (Fsp3) is 0.261. The van der Waals surface area contributed by atoms with Crippen molar-refractivity contribution in [3.05, 3.63) is 79.9 Å². The number of thiazole rings is 1. The molecule has 2 aromatic heterocycles. The molecule has 3 heterocycles. The van der Waals surface area contributed by atoms with E-state index in [4.69, 9.17) is 4.42 Å². The summed E-state index contributed by atoms with van der Waals surface area (Å²) in [6.07, 6.45) is 1.50. The first-order valence-electron chi connectivity index (χ1n) is 9.74. The number of aromatic nitrogens is 1. The van der Waals surface area contributed by atoms with E-state index in [9.17, 15) is 19.8 Å². The van der Waals surface area contributed by atoms with Gasteiger partial charge in [-0.3, -0.25) is 9.59 Å². The van der Waals surface area contributed by atoms with E-state index in [1.165, 1.54) is 22.5 Å². The van der Waals surface area contributed by atoms with Gasteiger partial charge in [-0.25, -0.2) is 4.98 Å². The minimum atomic E-state index is -0.829. The van der Waals surface area contributed by atoms with E-state index in [1.807, 2.05) is 0 Å². The van der Waals surface area contributed by atoms with Gasteiger partial charge < -0.3 is 19.5 Å². The molecular weight excluding hydrogens is 416 g/mol. The van der Waals surface area contributed by atoms with Gasteiger partial charge in [0.1, 0.15) is 11.5 Å². The number of aliphatic hydroxyl groups excluding tert-OH is 1. The zero-order chi connectivity index (χ0) is 22.4. The van der Waals surface area contributed by atoms with Gasteiger partial charge in [0.05, 0.1) is 40.0 Å². The fourth-order valence-electron chi connectivity index (χ4n) is 3.98. The van der Waals surface area contributed by atoms with Crippen LogP contribution < -0.4 is 0 Å². The standard InChI is InChI=1S/C23H22N2O5S/c1-11-8-15(9-12(2)19(11)26)18-17(20(27)22-13(3)24-14(4)31-22)21(28)23(29)25(18)10-16-6-5-7-30-16/h5-9,18,26,28H,10H2,1-4H3. The predicted octanol–water partition coefficient (Wildman–Crippen LogP) is 4.45. The summed E-state index contributed by atoms with van der Waals surface area (Å²) in [5.41, 5.74) is 2.42. The van der Waals surface area contributed by atoms with Crippen LogP contribution in [0.2, 0.25) is 0 Å². The first kappa shape index (κ1) is 20.9.